The molecule has 2 N–H and O–H groups in total. The number of carbonyl (C=O) groups is 1. The number of hydrogen-bond donors (Lipinski definition) is 2. The number of benzene rings is 3. The molecule has 3 aromatic rings. The van der Waals surface area contributed by atoms with Gasteiger partial charge in [0.05, 0.1) is 17.1 Å². The van der Waals surface area contributed by atoms with E-state index in [0.717, 1.165) is 26.5 Å². The molecule has 0 saturated heterocycles. The SMILES string of the molecule is COc1c(C(=O)NC(=S)Nc2cccc(Cl)c2C)cc2ccccc2c1Br. The fourth-order valence-corrected chi connectivity index (χ4v) is 3.83. The standard InChI is InChI=1S/C20H16BrClN2O2S/c1-11-15(22)8-5-9-16(11)23-20(27)24-19(25)14-10-12-6-3-4-7-13(12)17(21)18(14)26-2/h3-10H,1-2H3,(H2,23,24,25,27). The summed E-state index contributed by atoms with van der Waals surface area (Å²) in [6.07, 6.45) is 0. The van der Waals surface area contributed by atoms with Crippen LogP contribution >= 0.6 is 39.7 Å². The molecule has 0 saturated carbocycles. The third-order valence-corrected chi connectivity index (χ3v) is 5.53. The third-order valence-electron chi connectivity index (χ3n) is 4.13. The minimum atomic E-state index is -0.365. The number of halogens is 2. The van der Waals surface area contributed by atoms with Gasteiger partial charge in [0.1, 0.15) is 5.75 Å². The maximum atomic E-state index is 12.8. The van der Waals surface area contributed by atoms with Crippen LogP contribution in [-0.2, 0) is 0 Å². The number of ether oxygens (including phenoxy) is 1. The lowest BCUT2D eigenvalue weighted by atomic mass is 10.1. The zero-order valence-electron chi connectivity index (χ0n) is 14.6. The Balaban J connectivity index is 1.87. The molecule has 0 heterocycles. The summed E-state index contributed by atoms with van der Waals surface area (Å²) in [6.45, 7) is 1.87. The van der Waals surface area contributed by atoms with Crippen LogP contribution in [0.5, 0.6) is 5.75 Å². The van der Waals surface area contributed by atoms with Crippen molar-refractivity contribution in [3.63, 3.8) is 0 Å². The van der Waals surface area contributed by atoms with Crippen LogP contribution in [0.1, 0.15) is 15.9 Å². The summed E-state index contributed by atoms with van der Waals surface area (Å²) in [6, 6.07) is 15.0. The minimum Gasteiger partial charge on any atom is -0.495 e. The Morgan fingerprint density at radius 2 is 1.93 bits per heavy atom. The Bertz CT molecular complexity index is 1060. The lowest BCUT2D eigenvalue weighted by Crippen LogP contribution is -2.34. The molecule has 1 amide bonds. The molecule has 0 spiro atoms. The highest BCUT2D eigenvalue weighted by atomic mass is 79.9. The van der Waals surface area contributed by atoms with E-state index in [-0.39, 0.29) is 11.0 Å². The number of methoxy groups -OCH3 is 1. The second-order valence-corrected chi connectivity index (χ2v) is 7.42. The molecule has 0 unspecified atom stereocenters. The van der Waals surface area contributed by atoms with Crippen molar-refractivity contribution in [2.75, 3.05) is 12.4 Å². The van der Waals surface area contributed by atoms with Gasteiger partial charge in [0.25, 0.3) is 5.91 Å². The van der Waals surface area contributed by atoms with Crippen LogP contribution in [-0.4, -0.2) is 18.1 Å². The van der Waals surface area contributed by atoms with Gasteiger partial charge < -0.3 is 10.1 Å². The minimum absolute atomic E-state index is 0.178. The molecular weight excluding hydrogens is 448 g/mol. The van der Waals surface area contributed by atoms with Crippen LogP contribution in [0.15, 0.2) is 53.0 Å². The average molecular weight is 464 g/mol. The molecule has 7 heteroatoms. The van der Waals surface area contributed by atoms with Crippen LogP contribution in [0.4, 0.5) is 5.69 Å². The average Bonchev–Trinajstić information content (AvgIpc) is 2.65. The Labute approximate surface area is 176 Å². The molecule has 0 bridgehead atoms. The first-order valence-electron chi connectivity index (χ1n) is 8.05. The molecule has 138 valence electrons. The third kappa shape index (κ3) is 4.08. The van der Waals surface area contributed by atoms with E-state index in [9.17, 15) is 4.79 Å². The van der Waals surface area contributed by atoms with Crippen molar-refractivity contribution >= 4 is 67.2 Å². The molecule has 4 nitrogen and oxygen atoms in total. The van der Waals surface area contributed by atoms with Gasteiger partial charge >= 0.3 is 0 Å². The number of amides is 1. The van der Waals surface area contributed by atoms with Crippen LogP contribution in [0.3, 0.4) is 0 Å². The molecule has 0 aromatic heterocycles. The molecule has 3 rings (SSSR count). The predicted molar refractivity (Wildman–Crippen MR) is 118 cm³/mol. The molecule has 3 aromatic carbocycles. The monoisotopic (exact) mass is 462 g/mol. The first kappa shape index (κ1) is 19.6. The van der Waals surface area contributed by atoms with Gasteiger partial charge in [-0.1, -0.05) is 41.9 Å². The normalized spacial score (nSPS) is 10.5. The lowest BCUT2D eigenvalue weighted by Gasteiger charge is -2.15. The lowest BCUT2D eigenvalue weighted by molar-refractivity contribution is 0.0975. The molecule has 0 atom stereocenters. The van der Waals surface area contributed by atoms with E-state index in [4.69, 9.17) is 28.6 Å². The first-order valence-corrected chi connectivity index (χ1v) is 9.63. The number of thiocarbonyl (C=S) groups is 1. The Morgan fingerprint density at radius 3 is 2.67 bits per heavy atom. The summed E-state index contributed by atoms with van der Waals surface area (Å²) >= 11 is 14.9. The summed E-state index contributed by atoms with van der Waals surface area (Å²) in [4.78, 5) is 12.8. The van der Waals surface area contributed by atoms with Crippen molar-refractivity contribution in [2.45, 2.75) is 6.92 Å². The Hall–Kier alpha value is -2.15. The van der Waals surface area contributed by atoms with E-state index in [0.29, 0.717) is 16.3 Å². The van der Waals surface area contributed by atoms with E-state index in [1.807, 2.05) is 43.3 Å². The summed E-state index contributed by atoms with van der Waals surface area (Å²) in [5.41, 5.74) is 1.97. The number of rotatable bonds is 3. The number of anilines is 1. The topological polar surface area (TPSA) is 50.4 Å². The fraction of sp³-hybridized carbons (Fsp3) is 0.100. The molecule has 0 aliphatic carbocycles. The van der Waals surface area contributed by atoms with Crippen LogP contribution < -0.4 is 15.4 Å². The van der Waals surface area contributed by atoms with E-state index < -0.39 is 0 Å². The van der Waals surface area contributed by atoms with Crippen LogP contribution in [0.2, 0.25) is 5.02 Å². The first-order chi connectivity index (χ1) is 12.9. The zero-order chi connectivity index (χ0) is 19.6. The molecular formula is C20H16BrClN2O2S. The summed E-state index contributed by atoms with van der Waals surface area (Å²) < 4.78 is 6.17. The molecule has 0 aliphatic rings. The maximum absolute atomic E-state index is 12.8. The van der Waals surface area contributed by atoms with Crippen molar-refractivity contribution in [1.29, 1.82) is 0 Å². The second kappa shape index (κ2) is 8.25. The van der Waals surface area contributed by atoms with Gasteiger partial charge in [-0.15, -0.1) is 0 Å². The van der Waals surface area contributed by atoms with Crippen molar-refractivity contribution in [2.24, 2.45) is 0 Å². The van der Waals surface area contributed by atoms with Gasteiger partial charge in [-0.2, -0.15) is 0 Å². The van der Waals surface area contributed by atoms with Crippen molar-refractivity contribution < 1.29 is 9.53 Å². The highest BCUT2D eigenvalue weighted by Crippen LogP contribution is 2.36. The smallest absolute Gasteiger partial charge is 0.261 e. The van der Waals surface area contributed by atoms with Gasteiger partial charge in [0.2, 0.25) is 0 Å². The zero-order valence-corrected chi connectivity index (χ0v) is 17.8. The second-order valence-electron chi connectivity index (χ2n) is 5.81. The van der Waals surface area contributed by atoms with Crippen LogP contribution in [0.25, 0.3) is 10.8 Å². The fourth-order valence-electron chi connectivity index (χ4n) is 2.72. The summed E-state index contributed by atoms with van der Waals surface area (Å²) in [7, 11) is 1.53. The highest BCUT2D eigenvalue weighted by molar-refractivity contribution is 9.10. The number of carbonyl (C=O) groups excluding carboxylic acids is 1. The van der Waals surface area contributed by atoms with Crippen LogP contribution in [0, 0.1) is 6.92 Å². The molecule has 0 fully saturated rings. The quantitative estimate of drug-likeness (QED) is 0.489. The number of hydrogen-bond acceptors (Lipinski definition) is 3. The summed E-state index contributed by atoms with van der Waals surface area (Å²) in [5, 5.41) is 8.37. The molecule has 27 heavy (non-hydrogen) atoms. The van der Waals surface area contributed by atoms with Crippen molar-refractivity contribution in [3.8, 4) is 5.75 Å². The van der Waals surface area contributed by atoms with E-state index >= 15 is 0 Å². The van der Waals surface area contributed by atoms with E-state index in [2.05, 4.69) is 26.6 Å². The largest absolute Gasteiger partial charge is 0.495 e. The number of nitrogens with one attached hydrogen (secondary N) is 2. The van der Waals surface area contributed by atoms with E-state index in [1.165, 1.54) is 7.11 Å². The van der Waals surface area contributed by atoms with Gasteiger partial charge in [0.15, 0.2) is 5.11 Å². The van der Waals surface area contributed by atoms with Crippen molar-refractivity contribution in [3.05, 3.63) is 69.2 Å². The predicted octanol–water partition coefficient (Wildman–Crippen LogP) is 5.70. The maximum Gasteiger partial charge on any atom is 0.261 e. The van der Waals surface area contributed by atoms with Gasteiger partial charge in [-0.25, -0.2) is 0 Å². The Morgan fingerprint density at radius 1 is 1.19 bits per heavy atom. The molecule has 0 aliphatic heterocycles. The highest BCUT2D eigenvalue weighted by Gasteiger charge is 2.19. The number of fused-ring (bicyclic) bond motifs is 1. The van der Waals surface area contributed by atoms with E-state index in [1.54, 1.807) is 12.1 Å². The van der Waals surface area contributed by atoms with Gasteiger partial charge in [-0.05, 0) is 69.6 Å². The molecule has 0 radical (unpaired) electrons. The van der Waals surface area contributed by atoms with Gasteiger partial charge in [0, 0.05) is 10.7 Å². The van der Waals surface area contributed by atoms with Gasteiger partial charge in [-0.3, -0.25) is 10.1 Å². The van der Waals surface area contributed by atoms with Crippen molar-refractivity contribution in [1.82, 2.24) is 5.32 Å². The summed E-state index contributed by atoms with van der Waals surface area (Å²) in [5.74, 6) is 0.0865. The Kier molecular flexibility index (Phi) is 5.99.